The van der Waals surface area contributed by atoms with Crippen molar-refractivity contribution in [3.05, 3.63) is 29.8 Å². The molecule has 4 N–H and O–H groups in total. The van der Waals surface area contributed by atoms with Crippen LogP contribution in [0.2, 0.25) is 0 Å². The quantitative estimate of drug-likeness (QED) is 0.528. The van der Waals surface area contributed by atoms with Gasteiger partial charge < -0.3 is 11.1 Å². The second kappa shape index (κ2) is 5.09. The normalized spacial score (nSPS) is 10.7. The molecule has 7 nitrogen and oxygen atoms in total. The molecule has 0 spiro atoms. The van der Waals surface area contributed by atoms with E-state index in [0.29, 0.717) is 17.1 Å². The number of amides is 1. The van der Waals surface area contributed by atoms with Gasteiger partial charge in [-0.05, 0) is 34.2 Å². The van der Waals surface area contributed by atoms with E-state index in [1.165, 1.54) is 6.08 Å². The van der Waals surface area contributed by atoms with Crippen LogP contribution in [-0.4, -0.2) is 33.6 Å². The third kappa shape index (κ3) is 2.51. The van der Waals surface area contributed by atoms with Gasteiger partial charge in [0.1, 0.15) is 0 Å². The number of aromatic nitrogens is 4. The highest BCUT2D eigenvalue weighted by Crippen LogP contribution is 2.23. The Hall–Kier alpha value is -2.70. The zero-order chi connectivity index (χ0) is 13.0. The molecule has 2 aromatic rings. The SMILES string of the molecule is CNC(=O)/C=C/c1ccc(N)c(-c2nnn[nH]2)c1. The van der Waals surface area contributed by atoms with Gasteiger partial charge in [0.05, 0.1) is 0 Å². The number of nitrogens with zero attached hydrogens (tertiary/aromatic N) is 3. The van der Waals surface area contributed by atoms with Crippen LogP contribution in [0.4, 0.5) is 5.69 Å². The number of H-pyrrole nitrogens is 1. The standard InChI is InChI=1S/C11H12N6O/c1-13-10(18)5-3-7-2-4-9(12)8(6-7)11-14-16-17-15-11/h2-6H,12H2,1H3,(H,13,18)(H,14,15,16,17)/b5-3+. The maximum atomic E-state index is 11.1. The Labute approximate surface area is 103 Å². The van der Waals surface area contributed by atoms with Gasteiger partial charge in [0, 0.05) is 24.4 Å². The molecule has 92 valence electrons. The highest BCUT2D eigenvalue weighted by molar-refractivity contribution is 5.91. The van der Waals surface area contributed by atoms with Crippen LogP contribution in [0.1, 0.15) is 5.56 Å². The topological polar surface area (TPSA) is 110 Å². The van der Waals surface area contributed by atoms with Gasteiger partial charge in [-0.1, -0.05) is 6.07 Å². The second-order valence-corrected chi connectivity index (χ2v) is 3.54. The van der Waals surface area contributed by atoms with Crippen molar-refractivity contribution in [2.45, 2.75) is 0 Å². The first-order valence-corrected chi connectivity index (χ1v) is 5.24. The highest BCUT2D eigenvalue weighted by Gasteiger charge is 2.06. The van der Waals surface area contributed by atoms with E-state index in [9.17, 15) is 4.79 Å². The zero-order valence-electron chi connectivity index (χ0n) is 9.71. The molecule has 0 aliphatic rings. The Morgan fingerprint density at radius 2 is 2.33 bits per heavy atom. The van der Waals surface area contributed by atoms with Crippen LogP contribution in [0, 0.1) is 0 Å². The largest absolute Gasteiger partial charge is 0.398 e. The minimum atomic E-state index is -0.172. The van der Waals surface area contributed by atoms with E-state index in [4.69, 9.17) is 5.73 Å². The Kier molecular flexibility index (Phi) is 3.33. The lowest BCUT2D eigenvalue weighted by Gasteiger charge is -2.02. The Morgan fingerprint density at radius 1 is 1.50 bits per heavy atom. The van der Waals surface area contributed by atoms with Gasteiger partial charge in [0.2, 0.25) is 5.91 Å². The maximum Gasteiger partial charge on any atom is 0.243 e. The summed E-state index contributed by atoms with van der Waals surface area (Å²) in [5.41, 5.74) is 7.93. The molecule has 1 amide bonds. The molecule has 0 radical (unpaired) electrons. The third-order valence-corrected chi connectivity index (χ3v) is 2.35. The monoisotopic (exact) mass is 244 g/mol. The van der Waals surface area contributed by atoms with Crippen LogP contribution in [0.15, 0.2) is 24.3 Å². The predicted octanol–water partition coefficient (Wildman–Crippen LogP) is 0.208. The summed E-state index contributed by atoms with van der Waals surface area (Å²) in [7, 11) is 1.57. The summed E-state index contributed by atoms with van der Waals surface area (Å²) in [6.07, 6.45) is 3.12. The van der Waals surface area contributed by atoms with Gasteiger partial charge in [-0.3, -0.25) is 4.79 Å². The average molecular weight is 244 g/mol. The molecule has 0 aliphatic heterocycles. The van der Waals surface area contributed by atoms with Crippen molar-refractivity contribution in [2.24, 2.45) is 0 Å². The summed E-state index contributed by atoms with van der Waals surface area (Å²) in [6, 6.07) is 5.35. The van der Waals surface area contributed by atoms with Gasteiger partial charge in [0.15, 0.2) is 5.82 Å². The number of nitrogens with two attached hydrogens (primary N) is 1. The fourth-order valence-electron chi connectivity index (χ4n) is 1.41. The molecule has 0 bridgehead atoms. The summed E-state index contributed by atoms with van der Waals surface area (Å²) < 4.78 is 0. The summed E-state index contributed by atoms with van der Waals surface area (Å²) in [4.78, 5) is 11.1. The lowest BCUT2D eigenvalue weighted by molar-refractivity contribution is -0.115. The van der Waals surface area contributed by atoms with Crippen LogP contribution < -0.4 is 11.1 Å². The lowest BCUT2D eigenvalue weighted by atomic mass is 10.1. The molecule has 2 rings (SSSR count). The highest BCUT2D eigenvalue weighted by atomic mass is 16.1. The minimum absolute atomic E-state index is 0.172. The van der Waals surface area contributed by atoms with Crippen molar-refractivity contribution in [3.8, 4) is 11.4 Å². The summed E-state index contributed by atoms with van der Waals surface area (Å²) in [6.45, 7) is 0. The fraction of sp³-hybridized carbons (Fsp3) is 0.0909. The van der Waals surface area contributed by atoms with E-state index in [1.54, 1.807) is 25.3 Å². The van der Waals surface area contributed by atoms with Crippen molar-refractivity contribution in [1.29, 1.82) is 0 Å². The summed E-state index contributed by atoms with van der Waals surface area (Å²) in [5, 5.41) is 15.9. The van der Waals surface area contributed by atoms with Crippen molar-refractivity contribution in [1.82, 2.24) is 25.9 Å². The Morgan fingerprint density at radius 3 is 3.00 bits per heavy atom. The van der Waals surface area contributed by atoms with Crippen LogP contribution in [0.25, 0.3) is 17.5 Å². The van der Waals surface area contributed by atoms with Crippen molar-refractivity contribution < 1.29 is 4.79 Å². The Balaban J connectivity index is 2.33. The second-order valence-electron chi connectivity index (χ2n) is 3.54. The molecule has 1 aromatic heterocycles. The lowest BCUT2D eigenvalue weighted by Crippen LogP contribution is -2.13. The van der Waals surface area contributed by atoms with Crippen molar-refractivity contribution >= 4 is 17.7 Å². The molecule has 0 atom stereocenters. The number of hydrogen-bond donors (Lipinski definition) is 3. The molecule has 1 aromatic carbocycles. The number of carbonyl (C=O) groups is 1. The molecule has 1 heterocycles. The number of tetrazole rings is 1. The molecule has 0 unspecified atom stereocenters. The zero-order valence-corrected chi connectivity index (χ0v) is 9.71. The van der Waals surface area contributed by atoms with Gasteiger partial charge in [-0.15, -0.1) is 5.10 Å². The molecule has 7 heteroatoms. The number of hydrogen-bond acceptors (Lipinski definition) is 5. The smallest absolute Gasteiger partial charge is 0.243 e. The first kappa shape index (κ1) is 11.8. The van der Waals surface area contributed by atoms with Gasteiger partial charge in [-0.25, -0.2) is 5.10 Å². The maximum absolute atomic E-state index is 11.1. The van der Waals surface area contributed by atoms with Gasteiger partial charge in [0.25, 0.3) is 0 Å². The first-order valence-electron chi connectivity index (χ1n) is 5.24. The average Bonchev–Trinajstić information content (AvgIpc) is 2.91. The number of anilines is 1. The molecule has 0 aliphatic carbocycles. The minimum Gasteiger partial charge on any atom is -0.398 e. The van der Waals surface area contributed by atoms with E-state index < -0.39 is 0 Å². The number of likely N-dealkylation sites (N-methyl/N-ethyl adjacent to an activating group) is 1. The van der Waals surface area contributed by atoms with E-state index >= 15 is 0 Å². The predicted molar refractivity (Wildman–Crippen MR) is 67.1 cm³/mol. The Bertz CT molecular complexity index is 575. The van der Waals surface area contributed by atoms with E-state index in [2.05, 4.69) is 25.9 Å². The fourth-order valence-corrected chi connectivity index (χ4v) is 1.41. The number of rotatable bonds is 3. The van der Waals surface area contributed by atoms with Crippen LogP contribution in [0.3, 0.4) is 0 Å². The summed E-state index contributed by atoms with van der Waals surface area (Å²) in [5.74, 6) is 0.317. The molecular weight excluding hydrogens is 232 g/mol. The van der Waals surface area contributed by atoms with E-state index in [0.717, 1.165) is 5.56 Å². The molecular formula is C11H12N6O. The van der Waals surface area contributed by atoms with Gasteiger partial charge >= 0.3 is 0 Å². The molecule has 0 fully saturated rings. The van der Waals surface area contributed by atoms with Gasteiger partial charge in [-0.2, -0.15) is 0 Å². The van der Waals surface area contributed by atoms with E-state index in [-0.39, 0.29) is 5.91 Å². The number of carbonyl (C=O) groups excluding carboxylic acids is 1. The van der Waals surface area contributed by atoms with Crippen LogP contribution >= 0.6 is 0 Å². The number of benzene rings is 1. The molecule has 0 saturated carbocycles. The number of aromatic amines is 1. The van der Waals surface area contributed by atoms with Crippen LogP contribution in [-0.2, 0) is 4.79 Å². The van der Waals surface area contributed by atoms with Crippen molar-refractivity contribution in [2.75, 3.05) is 12.8 Å². The number of nitrogen functional groups attached to an aromatic ring is 1. The number of nitrogens with one attached hydrogen (secondary N) is 2. The van der Waals surface area contributed by atoms with Crippen molar-refractivity contribution in [3.63, 3.8) is 0 Å². The van der Waals surface area contributed by atoms with Crippen LogP contribution in [0.5, 0.6) is 0 Å². The van der Waals surface area contributed by atoms with E-state index in [1.807, 2.05) is 6.07 Å². The first-order chi connectivity index (χ1) is 8.70. The summed E-state index contributed by atoms with van der Waals surface area (Å²) >= 11 is 0. The molecule has 0 saturated heterocycles. The molecule has 18 heavy (non-hydrogen) atoms. The third-order valence-electron chi connectivity index (χ3n) is 2.35.